The Morgan fingerprint density at radius 2 is 1.91 bits per heavy atom. The number of nitrogens with two attached hydrogens (primary N) is 1. The second kappa shape index (κ2) is 5.25. The topological polar surface area (TPSA) is 58.3 Å². The number of benzene rings is 1. The number of hydrogen-bond acceptors (Lipinski definition) is 5. The molecule has 0 aliphatic carbocycles. The molecule has 2 aromatic rings. The lowest BCUT2D eigenvalue weighted by Crippen LogP contribution is -2.29. The van der Waals surface area contributed by atoms with Gasteiger partial charge in [-0.25, -0.2) is 9.97 Å². The molecule has 2 aliphatic rings. The molecule has 4 rings (SSSR count). The second-order valence-electron chi connectivity index (χ2n) is 6.43. The molecule has 22 heavy (non-hydrogen) atoms. The number of anilines is 2. The lowest BCUT2D eigenvalue weighted by molar-refractivity contribution is 0.280. The van der Waals surface area contributed by atoms with E-state index < -0.39 is 0 Å². The Morgan fingerprint density at radius 1 is 1.09 bits per heavy atom. The third-order valence-electron chi connectivity index (χ3n) is 5.03. The molecule has 0 spiro atoms. The van der Waals surface area contributed by atoms with Crippen LogP contribution in [0.1, 0.15) is 11.6 Å². The Morgan fingerprint density at radius 3 is 2.68 bits per heavy atom. The smallest absolute Gasteiger partial charge is 0.134 e. The van der Waals surface area contributed by atoms with Crippen LogP contribution in [0, 0.1) is 11.8 Å². The van der Waals surface area contributed by atoms with Crippen molar-refractivity contribution in [3.05, 3.63) is 48.3 Å². The first-order chi connectivity index (χ1) is 10.7. The van der Waals surface area contributed by atoms with E-state index in [-0.39, 0.29) is 0 Å². The van der Waals surface area contributed by atoms with Crippen LogP contribution < -0.4 is 10.6 Å². The SMILES string of the molecule is CN1C[C@H]2CN(c3cc(N)ncn3)C[C@H]2[C@@H]1c1ccccc1. The Kier molecular flexibility index (Phi) is 3.22. The van der Waals surface area contributed by atoms with Gasteiger partial charge in [-0.1, -0.05) is 30.3 Å². The van der Waals surface area contributed by atoms with Gasteiger partial charge in [-0.05, 0) is 18.5 Å². The molecule has 5 heteroatoms. The summed E-state index contributed by atoms with van der Waals surface area (Å²) < 4.78 is 0. The molecule has 3 heterocycles. The highest BCUT2D eigenvalue weighted by atomic mass is 15.3. The first kappa shape index (κ1) is 13.5. The molecule has 114 valence electrons. The molecule has 2 fully saturated rings. The van der Waals surface area contributed by atoms with Crippen molar-refractivity contribution in [3.63, 3.8) is 0 Å². The van der Waals surface area contributed by atoms with Gasteiger partial charge in [0.15, 0.2) is 0 Å². The number of rotatable bonds is 2. The molecule has 3 atom stereocenters. The van der Waals surface area contributed by atoms with Crippen LogP contribution in [0.25, 0.3) is 0 Å². The maximum Gasteiger partial charge on any atom is 0.134 e. The van der Waals surface area contributed by atoms with Crippen molar-refractivity contribution in [2.75, 3.05) is 37.3 Å². The van der Waals surface area contributed by atoms with E-state index in [0.29, 0.717) is 23.7 Å². The number of aromatic nitrogens is 2. The van der Waals surface area contributed by atoms with Gasteiger partial charge in [0.05, 0.1) is 0 Å². The predicted molar refractivity (Wildman–Crippen MR) is 87.5 cm³/mol. The molecular formula is C17H21N5. The average Bonchev–Trinajstić information content (AvgIpc) is 3.04. The minimum absolute atomic E-state index is 0.496. The van der Waals surface area contributed by atoms with E-state index in [9.17, 15) is 0 Å². The highest BCUT2D eigenvalue weighted by molar-refractivity contribution is 5.47. The Balaban J connectivity index is 1.59. The van der Waals surface area contributed by atoms with Crippen LogP contribution in [0.5, 0.6) is 0 Å². The molecule has 2 saturated heterocycles. The fourth-order valence-corrected chi connectivity index (χ4v) is 4.13. The van der Waals surface area contributed by atoms with Crippen LogP contribution in [0.3, 0.4) is 0 Å². The normalized spacial score (nSPS) is 28.0. The van der Waals surface area contributed by atoms with Crippen molar-refractivity contribution < 1.29 is 0 Å². The van der Waals surface area contributed by atoms with Gasteiger partial charge in [0.25, 0.3) is 0 Å². The van der Waals surface area contributed by atoms with E-state index in [1.54, 1.807) is 6.33 Å². The summed E-state index contributed by atoms with van der Waals surface area (Å²) in [6, 6.07) is 13.2. The fraction of sp³-hybridized carbons (Fsp3) is 0.412. The standard InChI is InChI=1S/C17H21N5/c1-21-8-13-9-22(16-7-15(18)19-11-20-16)10-14(13)17(21)12-5-3-2-4-6-12/h2-7,11,13-14,17H,8-10H2,1H3,(H2,18,19,20)/t13-,14+,17-/m0/s1. The van der Waals surface area contributed by atoms with Gasteiger partial charge in [-0.15, -0.1) is 0 Å². The third kappa shape index (κ3) is 2.22. The van der Waals surface area contributed by atoms with Gasteiger partial charge in [0, 0.05) is 37.7 Å². The average molecular weight is 295 g/mol. The second-order valence-corrected chi connectivity index (χ2v) is 6.43. The van der Waals surface area contributed by atoms with Crippen LogP contribution in [-0.2, 0) is 0 Å². The van der Waals surface area contributed by atoms with E-state index >= 15 is 0 Å². The van der Waals surface area contributed by atoms with Crippen LogP contribution in [0.15, 0.2) is 42.7 Å². The van der Waals surface area contributed by atoms with Crippen molar-refractivity contribution in [1.82, 2.24) is 14.9 Å². The van der Waals surface area contributed by atoms with E-state index in [1.807, 2.05) is 6.07 Å². The summed E-state index contributed by atoms with van der Waals surface area (Å²) in [7, 11) is 2.24. The van der Waals surface area contributed by atoms with E-state index in [4.69, 9.17) is 5.73 Å². The summed E-state index contributed by atoms with van der Waals surface area (Å²) in [5.41, 5.74) is 7.21. The molecule has 2 aliphatic heterocycles. The van der Waals surface area contributed by atoms with Crippen molar-refractivity contribution in [2.24, 2.45) is 11.8 Å². The molecule has 0 unspecified atom stereocenters. The minimum Gasteiger partial charge on any atom is -0.384 e. The van der Waals surface area contributed by atoms with Crippen LogP contribution in [0.4, 0.5) is 11.6 Å². The monoisotopic (exact) mass is 295 g/mol. The van der Waals surface area contributed by atoms with Crippen LogP contribution in [-0.4, -0.2) is 41.5 Å². The lowest BCUT2D eigenvalue weighted by Gasteiger charge is -2.27. The maximum atomic E-state index is 5.80. The highest BCUT2D eigenvalue weighted by Crippen LogP contribution is 2.44. The fourth-order valence-electron chi connectivity index (χ4n) is 4.13. The van der Waals surface area contributed by atoms with Gasteiger partial charge in [-0.3, -0.25) is 4.90 Å². The van der Waals surface area contributed by atoms with Crippen molar-refractivity contribution in [2.45, 2.75) is 6.04 Å². The molecule has 1 aromatic heterocycles. The van der Waals surface area contributed by atoms with Gasteiger partial charge >= 0.3 is 0 Å². The van der Waals surface area contributed by atoms with E-state index in [0.717, 1.165) is 25.5 Å². The van der Waals surface area contributed by atoms with Crippen LogP contribution >= 0.6 is 0 Å². The summed E-state index contributed by atoms with van der Waals surface area (Å²) in [5, 5.41) is 0. The maximum absolute atomic E-state index is 5.80. The van der Waals surface area contributed by atoms with Gasteiger partial charge in [0.1, 0.15) is 18.0 Å². The quantitative estimate of drug-likeness (QED) is 0.915. The van der Waals surface area contributed by atoms with Crippen LogP contribution in [0.2, 0.25) is 0 Å². The summed E-state index contributed by atoms with van der Waals surface area (Å²) in [5.74, 6) is 2.82. The molecule has 5 nitrogen and oxygen atoms in total. The first-order valence-electron chi connectivity index (χ1n) is 7.80. The summed E-state index contributed by atoms with van der Waals surface area (Å²) in [6.07, 6.45) is 1.56. The number of hydrogen-bond donors (Lipinski definition) is 1. The third-order valence-corrected chi connectivity index (χ3v) is 5.03. The van der Waals surface area contributed by atoms with Crippen molar-refractivity contribution in [3.8, 4) is 0 Å². The number of nitrogen functional groups attached to an aromatic ring is 1. The minimum atomic E-state index is 0.496. The largest absolute Gasteiger partial charge is 0.384 e. The summed E-state index contributed by atoms with van der Waals surface area (Å²) in [4.78, 5) is 13.2. The first-order valence-corrected chi connectivity index (χ1v) is 7.80. The van der Waals surface area contributed by atoms with E-state index in [1.165, 1.54) is 5.56 Å². The zero-order chi connectivity index (χ0) is 15.1. The Hall–Kier alpha value is -2.14. The van der Waals surface area contributed by atoms with E-state index in [2.05, 4.69) is 57.1 Å². The number of fused-ring (bicyclic) bond motifs is 1. The number of nitrogens with zero attached hydrogens (tertiary/aromatic N) is 4. The predicted octanol–water partition coefficient (Wildman–Crippen LogP) is 1.80. The molecular weight excluding hydrogens is 274 g/mol. The molecule has 0 amide bonds. The molecule has 0 bridgehead atoms. The zero-order valence-corrected chi connectivity index (χ0v) is 12.8. The van der Waals surface area contributed by atoms with Gasteiger partial charge in [0.2, 0.25) is 0 Å². The molecule has 0 saturated carbocycles. The lowest BCUT2D eigenvalue weighted by atomic mass is 9.90. The zero-order valence-electron chi connectivity index (χ0n) is 12.8. The van der Waals surface area contributed by atoms with Gasteiger partial charge in [-0.2, -0.15) is 0 Å². The summed E-state index contributed by atoms with van der Waals surface area (Å²) >= 11 is 0. The summed E-state index contributed by atoms with van der Waals surface area (Å²) in [6.45, 7) is 3.22. The molecule has 0 radical (unpaired) electrons. The molecule has 2 N–H and O–H groups in total. The molecule has 1 aromatic carbocycles. The highest BCUT2D eigenvalue weighted by Gasteiger charge is 2.46. The van der Waals surface area contributed by atoms with Crippen molar-refractivity contribution in [1.29, 1.82) is 0 Å². The van der Waals surface area contributed by atoms with Crippen molar-refractivity contribution >= 4 is 11.6 Å². The Bertz CT molecular complexity index is 659. The van der Waals surface area contributed by atoms with Gasteiger partial charge < -0.3 is 10.6 Å². The Labute approximate surface area is 130 Å². The number of likely N-dealkylation sites (tertiary alicyclic amines) is 1.